The molecule has 0 fully saturated rings. The molecule has 0 radical (unpaired) electrons. The monoisotopic (exact) mass is 415 g/mol. The number of ether oxygens (including phenoxy) is 1. The summed E-state index contributed by atoms with van der Waals surface area (Å²) >= 11 is 3.67. The lowest BCUT2D eigenvalue weighted by Crippen LogP contribution is -2.35. The Morgan fingerprint density at radius 2 is 2.00 bits per heavy atom. The van der Waals surface area contributed by atoms with Crippen molar-refractivity contribution in [2.45, 2.75) is 6.54 Å². The van der Waals surface area contributed by atoms with E-state index in [-0.39, 0.29) is 12.5 Å². The van der Waals surface area contributed by atoms with Crippen molar-refractivity contribution in [2.75, 3.05) is 13.7 Å². The number of methoxy groups -OCH3 is 1. The zero-order chi connectivity index (χ0) is 15.2. The SMILES string of the molecule is COC(=O)CN(Cc1ccccc1)C(=O)c1csc(I)c1. The molecule has 0 aliphatic heterocycles. The predicted octanol–water partition coefficient (Wildman–Crippen LogP) is 3.17. The Balaban J connectivity index is 2.19. The fraction of sp³-hybridized carbons (Fsp3) is 0.200. The Bertz CT molecular complexity index is 627. The molecule has 6 heteroatoms. The highest BCUT2D eigenvalue weighted by Crippen LogP contribution is 2.19. The maximum Gasteiger partial charge on any atom is 0.325 e. The summed E-state index contributed by atoms with van der Waals surface area (Å²) in [6.45, 7) is 0.317. The van der Waals surface area contributed by atoms with Crippen LogP contribution in [-0.2, 0) is 16.1 Å². The van der Waals surface area contributed by atoms with Crippen LogP contribution in [0.2, 0.25) is 0 Å². The molecule has 0 saturated carbocycles. The van der Waals surface area contributed by atoms with Crippen molar-refractivity contribution in [1.82, 2.24) is 4.90 Å². The van der Waals surface area contributed by atoms with E-state index in [4.69, 9.17) is 0 Å². The first kappa shape index (κ1) is 16.0. The number of hydrogen-bond donors (Lipinski definition) is 0. The average molecular weight is 415 g/mol. The van der Waals surface area contributed by atoms with Crippen LogP contribution in [0.3, 0.4) is 0 Å². The molecule has 1 amide bonds. The lowest BCUT2D eigenvalue weighted by Gasteiger charge is -2.21. The Kier molecular flexibility index (Phi) is 5.75. The molecule has 110 valence electrons. The zero-order valence-corrected chi connectivity index (χ0v) is 14.4. The van der Waals surface area contributed by atoms with E-state index in [1.165, 1.54) is 23.3 Å². The molecule has 0 unspecified atom stereocenters. The minimum Gasteiger partial charge on any atom is -0.468 e. The summed E-state index contributed by atoms with van der Waals surface area (Å²) in [5.74, 6) is -0.590. The number of benzene rings is 1. The number of amides is 1. The van der Waals surface area contributed by atoms with Crippen LogP contribution in [-0.4, -0.2) is 30.4 Å². The average Bonchev–Trinajstić information content (AvgIpc) is 2.93. The van der Waals surface area contributed by atoms with Crippen molar-refractivity contribution in [3.8, 4) is 0 Å². The molecule has 0 spiro atoms. The van der Waals surface area contributed by atoms with E-state index in [1.54, 1.807) is 5.38 Å². The summed E-state index contributed by atoms with van der Waals surface area (Å²) in [6, 6.07) is 11.4. The molecule has 1 aromatic heterocycles. The number of carbonyl (C=O) groups is 2. The number of nitrogens with zero attached hydrogens (tertiary/aromatic N) is 1. The third kappa shape index (κ3) is 4.53. The van der Waals surface area contributed by atoms with Crippen molar-refractivity contribution in [1.29, 1.82) is 0 Å². The molecule has 0 saturated heterocycles. The fourth-order valence-electron chi connectivity index (χ4n) is 1.83. The summed E-state index contributed by atoms with van der Waals surface area (Å²) in [4.78, 5) is 25.6. The van der Waals surface area contributed by atoms with E-state index in [9.17, 15) is 9.59 Å². The van der Waals surface area contributed by atoms with Crippen LogP contribution in [0, 0.1) is 2.88 Å². The maximum absolute atomic E-state index is 12.5. The maximum atomic E-state index is 12.5. The summed E-state index contributed by atoms with van der Waals surface area (Å²) in [7, 11) is 1.32. The fourth-order valence-corrected chi connectivity index (χ4v) is 3.15. The van der Waals surface area contributed by atoms with Gasteiger partial charge in [-0.1, -0.05) is 30.3 Å². The molecule has 4 nitrogen and oxygen atoms in total. The lowest BCUT2D eigenvalue weighted by atomic mass is 10.2. The highest BCUT2D eigenvalue weighted by Gasteiger charge is 2.20. The minimum atomic E-state index is -0.427. The normalized spacial score (nSPS) is 10.2. The zero-order valence-electron chi connectivity index (χ0n) is 11.4. The van der Waals surface area contributed by atoms with Crippen LogP contribution < -0.4 is 0 Å². The minimum absolute atomic E-state index is 0.0589. The van der Waals surface area contributed by atoms with Gasteiger partial charge in [-0.25, -0.2) is 0 Å². The smallest absolute Gasteiger partial charge is 0.325 e. The van der Waals surface area contributed by atoms with E-state index < -0.39 is 5.97 Å². The topological polar surface area (TPSA) is 46.6 Å². The summed E-state index contributed by atoms with van der Waals surface area (Å²) in [5, 5.41) is 1.80. The number of hydrogen-bond acceptors (Lipinski definition) is 4. The number of carbonyl (C=O) groups excluding carboxylic acids is 2. The van der Waals surface area contributed by atoms with Gasteiger partial charge in [0, 0.05) is 11.9 Å². The standard InChI is InChI=1S/C15H14INO3S/c1-20-14(18)9-17(8-11-5-3-2-4-6-11)15(19)12-7-13(16)21-10-12/h2-7,10H,8-9H2,1H3. The highest BCUT2D eigenvalue weighted by atomic mass is 127. The van der Waals surface area contributed by atoms with E-state index in [0.29, 0.717) is 12.1 Å². The third-order valence-corrected chi connectivity index (χ3v) is 4.65. The van der Waals surface area contributed by atoms with Crippen molar-refractivity contribution in [3.63, 3.8) is 0 Å². The Morgan fingerprint density at radius 1 is 1.29 bits per heavy atom. The molecule has 1 heterocycles. The molecule has 21 heavy (non-hydrogen) atoms. The van der Waals surface area contributed by atoms with Gasteiger partial charge < -0.3 is 9.64 Å². The van der Waals surface area contributed by atoms with Crippen molar-refractivity contribution in [3.05, 3.63) is 55.8 Å². The van der Waals surface area contributed by atoms with Crippen molar-refractivity contribution >= 4 is 45.8 Å². The first-order valence-corrected chi connectivity index (χ1v) is 8.20. The molecular formula is C15H14INO3S. The number of rotatable bonds is 5. The van der Waals surface area contributed by atoms with Crippen LogP contribution in [0.25, 0.3) is 0 Å². The van der Waals surface area contributed by atoms with Gasteiger partial charge in [0.1, 0.15) is 6.54 Å². The largest absolute Gasteiger partial charge is 0.468 e. The quantitative estimate of drug-likeness (QED) is 0.557. The molecular weight excluding hydrogens is 401 g/mol. The van der Waals surface area contributed by atoms with Gasteiger partial charge in [0.25, 0.3) is 5.91 Å². The van der Waals surface area contributed by atoms with Gasteiger partial charge in [0.05, 0.1) is 15.6 Å². The Labute approximate surface area is 140 Å². The van der Waals surface area contributed by atoms with Gasteiger partial charge in [-0.3, -0.25) is 9.59 Å². The third-order valence-electron chi connectivity index (χ3n) is 2.87. The molecule has 0 N–H and O–H groups in total. The second-order valence-electron chi connectivity index (χ2n) is 4.36. The van der Waals surface area contributed by atoms with E-state index in [0.717, 1.165) is 8.45 Å². The second-order valence-corrected chi connectivity index (χ2v) is 7.17. The van der Waals surface area contributed by atoms with Crippen molar-refractivity contribution in [2.24, 2.45) is 0 Å². The van der Waals surface area contributed by atoms with E-state index in [2.05, 4.69) is 27.3 Å². The number of halogens is 1. The second kappa shape index (κ2) is 7.56. The molecule has 1 aromatic carbocycles. The van der Waals surface area contributed by atoms with Gasteiger partial charge in [0.2, 0.25) is 0 Å². The van der Waals surface area contributed by atoms with Crippen LogP contribution >= 0.6 is 33.9 Å². The van der Waals surface area contributed by atoms with E-state index >= 15 is 0 Å². The molecule has 2 rings (SSSR count). The van der Waals surface area contributed by atoms with Gasteiger partial charge >= 0.3 is 5.97 Å². The van der Waals surface area contributed by atoms with Crippen molar-refractivity contribution < 1.29 is 14.3 Å². The molecule has 0 aliphatic carbocycles. The van der Waals surface area contributed by atoms with Gasteiger partial charge in [-0.05, 0) is 34.2 Å². The van der Waals surface area contributed by atoms with Crippen LogP contribution in [0.1, 0.15) is 15.9 Å². The van der Waals surface area contributed by atoms with Crippen LogP contribution in [0.4, 0.5) is 0 Å². The molecule has 0 atom stereocenters. The Morgan fingerprint density at radius 3 is 2.57 bits per heavy atom. The first-order valence-electron chi connectivity index (χ1n) is 6.24. The van der Waals surface area contributed by atoms with Gasteiger partial charge in [-0.15, -0.1) is 11.3 Å². The van der Waals surface area contributed by atoms with Crippen LogP contribution in [0.15, 0.2) is 41.8 Å². The summed E-state index contributed by atoms with van der Waals surface area (Å²) in [5.41, 5.74) is 1.57. The Hall–Kier alpha value is -1.41. The molecule has 2 aromatic rings. The predicted molar refractivity (Wildman–Crippen MR) is 90.2 cm³/mol. The van der Waals surface area contributed by atoms with E-state index in [1.807, 2.05) is 36.4 Å². The summed E-state index contributed by atoms with van der Waals surface area (Å²) < 4.78 is 5.71. The van der Waals surface area contributed by atoms with Gasteiger partial charge in [0.15, 0.2) is 0 Å². The molecule has 0 aliphatic rings. The first-order chi connectivity index (χ1) is 10.1. The number of esters is 1. The number of thiophene rings is 1. The van der Waals surface area contributed by atoms with Gasteiger partial charge in [-0.2, -0.15) is 0 Å². The summed E-state index contributed by atoms with van der Waals surface area (Å²) in [6.07, 6.45) is 0. The molecule has 0 bridgehead atoms. The highest BCUT2D eigenvalue weighted by molar-refractivity contribution is 14.1. The lowest BCUT2D eigenvalue weighted by molar-refractivity contribution is -0.141. The van der Waals surface area contributed by atoms with Crippen LogP contribution in [0.5, 0.6) is 0 Å².